The summed E-state index contributed by atoms with van der Waals surface area (Å²) in [6, 6.07) is 52.7. The minimum atomic E-state index is -0.471. The molecular weight excluding hydrogens is 845 g/mol. The number of hydrogen-bond donors (Lipinski definition) is 5. The lowest BCUT2D eigenvalue weighted by Crippen LogP contribution is -2.11. The zero-order chi connectivity index (χ0) is 48.8. The van der Waals surface area contributed by atoms with Crippen LogP contribution in [0.3, 0.4) is 0 Å². The van der Waals surface area contributed by atoms with Crippen molar-refractivity contribution in [3.8, 4) is 0 Å². The van der Waals surface area contributed by atoms with Crippen LogP contribution in [-0.4, -0.2) is 48.8 Å². The fourth-order valence-corrected chi connectivity index (χ4v) is 6.42. The van der Waals surface area contributed by atoms with Gasteiger partial charge in [-0.15, -0.1) is 0 Å². The minimum Gasteiger partial charge on any atom is -0.466 e. The van der Waals surface area contributed by atoms with E-state index in [4.69, 9.17) is 30.9 Å². The molecule has 0 unspecified atom stereocenters. The normalized spacial score (nSPS) is 10.4. The van der Waals surface area contributed by atoms with Crippen LogP contribution in [0.4, 0.5) is 22.7 Å². The molecule has 0 bridgehead atoms. The Hall–Kier alpha value is -8.31. The van der Waals surface area contributed by atoms with Gasteiger partial charge in [-0.3, -0.25) is 9.59 Å². The molecule has 67 heavy (non-hydrogen) atoms. The Morgan fingerprint density at radius 3 is 1.36 bits per heavy atom. The highest BCUT2D eigenvalue weighted by atomic mass is 16.5. The Bertz CT molecular complexity index is 2680. The molecule has 0 saturated heterocycles. The molecular formula is C55H58N4O8. The molecule has 0 aliphatic rings. The number of hydrogen-bond acceptors (Lipinski definition) is 12. The van der Waals surface area contributed by atoms with Gasteiger partial charge >= 0.3 is 18.1 Å². The van der Waals surface area contributed by atoms with Crippen molar-refractivity contribution in [2.75, 3.05) is 41.9 Å². The topological polar surface area (TPSA) is 200 Å². The van der Waals surface area contributed by atoms with Gasteiger partial charge in [-0.1, -0.05) is 153 Å². The quantitative estimate of drug-likeness (QED) is 0.0241. The van der Waals surface area contributed by atoms with Crippen LogP contribution in [0, 0.1) is 0 Å². The maximum Gasteiger partial charge on any atom is 0.373 e. The summed E-state index contributed by atoms with van der Waals surface area (Å²) in [6.45, 7) is 8.22. The van der Waals surface area contributed by atoms with E-state index in [0.717, 1.165) is 67.5 Å². The number of ether oxygens (including phenoxy) is 2. The number of aliphatic hydroxyl groups is 1. The first-order chi connectivity index (χ1) is 32.5. The SMILES string of the molecule is CC/C=C(/Nc1cccc2c(N/C(=C/C(=O)OCC)c3ccccc3)cccc12)c1ccccc1.CCO.CCOC(=O)CC(=O)c1ccccc1.Nc1cccc2c(N)cccc12.O=C=O. The van der Waals surface area contributed by atoms with Crippen molar-refractivity contribution in [2.24, 2.45) is 0 Å². The maximum absolute atomic E-state index is 12.3. The van der Waals surface area contributed by atoms with E-state index in [0.29, 0.717) is 24.5 Å². The molecule has 346 valence electrons. The van der Waals surface area contributed by atoms with Gasteiger partial charge in [0.1, 0.15) is 6.42 Å². The smallest absolute Gasteiger partial charge is 0.373 e. The Balaban J connectivity index is 0.000000302. The monoisotopic (exact) mass is 902 g/mol. The van der Waals surface area contributed by atoms with E-state index in [-0.39, 0.29) is 30.9 Å². The molecule has 7 aromatic carbocycles. The molecule has 0 radical (unpaired) electrons. The number of aliphatic hydroxyl groups excluding tert-OH is 1. The number of allylic oxidation sites excluding steroid dienone is 1. The van der Waals surface area contributed by atoms with Gasteiger partial charge < -0.3 is 36.7 Å². The molecule has 0 aliphatic carbocycles. The number of fused-ring (bicyclic) bond motifs is 2. The zero-order valence-corrected chi connectivity index (χ0v) is 38.2. The van der Waals surface area contributed by atoms with Crippen molar-refractivity contribution in [1.82, 2.24) is 0 Å². The molecule has 0 fully saturated rings. The van der Waals surface area contributed by atoms with E-state index in [2.05, 4.69) is 58.7 Å². The van der Waals surface area contributed by atoms with Crippen LogP contribution in [0.25, 0.3) is 32.9 Å². The molecule has 0 amide bonds. The van der Waals surface area contributed by atoms with E-state index >= 15 is 0 Å². The summed E-state index contributed by atoms with van der Waals surface area (Å²) < 4.78 is 9.85. The standard InChI is InChI=1S/C31H30N2O2.C11H12O3.C10H10N2.C2H6O.CO2/c1-3-13-27(23-14-7-5-8-15-23)32-28-20-11-19-26-25(28)18-12-21-29(26)33-30(22-31(34)35-4-2)24-16-9-6-10-17-24;1-2-14-11(13)8-10(12)9-6-4-3-5-7-9;11-9-5-1-3-7-8(9)4-2-6-10(7)12;1-2-3;2-1-3/h5-22,32-33H,3-4H2,1-2H3;3-7H,2,8H2,1H3;1-6H,11-12H2;3H,2H2,1H3;/b27-13+,30-22+;;;;. The van der Waals surface area contributed by atoms with E-state index in [1.807, 2.05) is 109 Å². The number of rotatable bonds is 13. The lowest BCUT2D eigenvalue weighted by atomic mass is 10.0. The van der Waals surface area contributed by atoms with Crippen molar-refractivity contribution < 1.29 is 38.6 Å². The number of anilines is 4. The number of ketones is 1. The highest BCUT2D eigenvalue weighted by Crippen LogP contribution is 2.33. The summed E-state index contributed by atoms with van der Waals surface area (Å²) in [5, 5.41) is 18.9. The Kier molecular flexibility index (Phi) is 23.7. The van der Waals surface area contributed by atoms with E-state index in [1.165, 1.54) is 6.08 Å². The van der Waals surface area contributed by atoms with Gasteiger partial charge in [-0.25, -0.2) is 4.79 Å². The molecule has 12 heteroatoms. The molecule has 12 nitrogen and oxygen atoms in total. The van der Waals surface area contributed by atoms with E-state index in [9.17, 15) is 14.4 Å². The summed E-state index contributed by atoms with van der Waals surface area (Å²) in [5.74, 6) is -1.05. The third-order valence-corrected chi connectivity index (χ3v) is 9.28. The van der Waals surface area contributed by atoms with Gasteiger partial charge in [0.15, 0.2) is 5.78 Å². The van der Waals surface area contributed by atoms with Gasteiger partial charge in [-0.2, -0.15) is 9.59 Å². The third kappa shape index (κ3) is 17.6. The lowest BCUT2D eigenvalue weighted by molar-refractivity contribution is -0.191. The molecule has 7 rings (SSSR count). The van der Waals surface area contributed by atoms with E-state index < -0.39 is 5.97 Å². The number of nitrogen functional groups attached to an aromatic ring is 2. The summed E-state index contributed by atoms with van der Waals surface area (Å²) in [6.07, 6.45) is 4.70. The predicted molar refractivity (Wildman–Crippen MR) is 270 cm³/mol. The highest BCUT2D eigenvalue weighted by molar-refractivity contribution is 6.07. The fourth-order valence-electron chi connectivity index (χ4n) is 6.42. The molecule has 0 spiro atoms. The minimum absolute atomic E-state index is 0.183. The summed E-state index contributed by atoms with van der Waals surface area (Å²) in [7, 11) is 0. The van der Waals surface area contributed by atoms with Crippen molar-refractivity contribution >= 4 is 79.6 Å². The number of esters is 2. The van der Waals surface area contributed by atoms with Crippen LogP contribution in [0.1, 0.15) is 62.0 Å². The number of carbonyl (C=O) groups excluding carboxylic acids is 5. The van der Waals surface area contributed by atoms with Crippen LogP contribution < -0.4 is 22.1 Å². The first-order valence-electron chi connectivity index (χ1n) is 21.7. The fraction of sp³-hybridized carbons (Fsp3) is 0.164. The van der Waals surface area contributed by atoms with Crippen LogP contribution in [0.2, 0.25) is 0 Å². The van der Waals surface area contributed by atoms with Gasteiger partial charge in [0.25, 0.3) is 0 Å². The third-order valence-electron chi connectivity index (χ3n) is 9.28. The number of nitrogens with two attached hydrogens (primary N) is 2. The lowest BCUT2D eigenvalue weighted by Gasteiger charge is -2.17. The number of carbonyl (C=O) groups is 3. The van der Waals surface area contributed by atoms with Crippen molar-refractivity contribution in [3.05, 3.63) is 193 Å². The molecule has 0 heterocycles. The van der Waals surface area contributed by atoms with Crippen molar-refractivity contribution in [1.29, 1.82) is 0 Å². The second-order valence-electron chi connectivity index (χ2n) is 14.0. The van der Waals surface area contributed by atoms with Crippen molar-refractivity contribution in [3.63, 3.8) is 0 Å². The van der Waals surface area contributed by atoms with Crippen LogP contribution >= 0.6 is 0 Å². The van der Waals surface area contributed by atoms with Crippen LogP contribution in [-0.2, 0) is 28.7 Å². The highest BCUT2D eigenvalue weighted by Gasteiger charge is 2.13. The second kappa shape index (κ2) is 29.9. The maximum atomic E-state index is 12.3. The van der Waals surface area contributed by atoms with Crippen molar-refractivity contribution in [2.45, 2.75) is 40.5 Å². The largest absolute Gasteiger partial charge is 0.466 e. The Labute approximate surface area is 391 Å². The molecule has 7 N–H and O–H groups in total. The first-order valence-corrected chi connectivity index (χ1v) is 21.7. The Morgan fingerprint density at radius 2 is 0.925 bits per heavy atom. The van der Waals surface area contributed by atoms with Gasteiger partial charge in [-0.05, 0) is 62.6 Å². The average molecular weight is 903 g/mol. The number of nitrogens with one attached hydrogen (secondary N) is 2. The van der Waals surface area contributed by atoms with Crippen LogP contribution in [0.5, 0.6) is 0 Å². The summed E-state index contributed by atoms with van der Waals surface area (Å²) in [5.41, 5.74) is 19.4. The zero-order valence-electron chi connectivity index (χ0n) is 38.2. The molecule has 0 aromatic heterocycles. The first kappa shape index (κ1) is 53.0. The summed E-state index contributed by atoms with van der Waals surface area (Å²) >= 11 is 0. The van der Waals surface area contributed by atoms with Gasteiger partial charge in [0, 0.05) is 68.2 Å². The predicted octanol–water partition coefficient (Wildman–Crippen LogP) is 11.0. The molecule has 7 aromatic rings. The van der Waals surface area contributed by atoms with E-state index in [1.54, 1.807) is 45.0 Å². The van der Waals surface area contributed by atoms with Crippen LogP contribution in [0.15, 0.2) is 176 Å². The molecule has 0 aliphatic heterocycles. The molecule has 0 atom stereocenters. The number of Topliss-reactive ketones (excluding diaryl/α,β-unsaturated/α-hetero) is 1. The van der Waals surface area contributed by atoms with Gasteiger partial charge in [0.05, 0.1) is 18.9 Å². The summed E-state index contributed by atoms with van der Waals surface area (Å²) in [4.78, 5) is 51.0. The molecule has 0 saturated carbocycles. The second-order valence-corrected chi connectivity index (χ2v) is 14.0. The Morgan fingerprint density at radius 1 is 0.537 bits per heavy atom. The van der Waals surface area contributed by atoms with Gasteiger partial charge in [0.2, 0.25) is 0 Å². The average Bonchev–Trinajstić information content (AvgIpc) is 3.34. The number of benzene rings is 7.